The van der Waals surface area contributed by atoms with Crippen molar-refractivity contribution in [2.45, 2.75) is 83.9 Å². The summed E-state index contributed by atoms with van der Waals surface area (Å²) in [6.45, 7) is 15.6. The monoisotopic (exact) mass is 410 g/mol. The fraction of sp³-hybridized carbons (Fsp3) is 0.714. The summed E-state index contributed by atoms with van der Waals surface area (Å²) in [5.41, 5.74) is -0.618. The van der Waals surface area contributed by atoms with E-state index in [2.05, 4.69) is 24.1 Å². The Morgan fingerprint density at radius 2 is 2.07 bits per heavy atom. The number of hydrogen-bond donors (Lipinski definition) is 2. The van der Waals surface area contributed by atoms with Crippen molar-refractivity contribution in [3.8, 4) is 0 Å². The Bertz CT molecular complexity index is 617. The lowest BCUT2D eigenvalue weighted by molar-refractivity contribution is 0.0131. The molecule has 1 aliphatic rings. The highest BCUT2D eigenvalue weighted by molar-refractivity contribution is 7.97. The summed E-state index contributed by atoms with van der Waals surface area (Å²) in [6.07, 6.45) is 2.90. The van der Waals surface area contributed by atoms with Crippen molar-refractivity contribution in [3.05, 3.63) is 18.2 Å². The van der Waals surface area contributed by atoms with E-state index in [9.17, 15) is 4.79 Å². The molecule has 2 rings (SSSR count). The number of nitrogens with one attached hydrogen (secondary N) is 1. The molecule has 0 aliphatic carbocycles. The number of nitrogens with zero attached hydrogens (tertiary/aromatic N) is 2. The molecule has 0 radical (unpaired) electrons. The molecule has 0 aromatic carbocycles. The third-order valence-electron chi connectivity index (χ3n) is 4.51. The molecule has 1 fully saturated rings. The van der Waals surface area contributed by atoms with E-state index in [1.807, 2.05) is 57.7 Å². The van der Waals surface area contributed by atoms with Crippen molar-refractivity contribution < 1.29 is 9.53 Å². The molecule has 1 aromatic heterocycles. The third kappa shape index (κ3) is 7.87. The van der Waals surface area contributed by atoms with Crippen LogP contribution in [0.5, 0.6) is 0 Å². The number of anilines is 1. The molecule has 2 heterocycles. The molecule has 1 aromatic rings. The standard InChI is InChI=1S/C19H32N4O2S.C2H6/c1-18(2,3)25-17(24)23-13-14(12-19(23,4)5)8-7-11-21-15-9-6-10-16(22-15)26-20;1-2/h6,9-10,14H,7-8,11-13,20H2,1-5H3,(H,21,22);1-2H3. The summed E-state index contributed by atoms with van der Waals surface area (Å²) in [7, 11) is 0. The van der Waals surface area contributed by atoms with Crippen molar-refractivity contribution >= 4 is 23.9 Å². The number of pyridine rings is 1. The largest absolute Gasteiger partial charge is 0.444 e. The minimum absolute atomic E-state index is 0.158. The van der Waals surface area contributed by atoms with Crippen LogP contribution in [-0.4, -0.2) is 40.2 Å². The number of ether oxygens (including phenoxy) is 1. The Morgan fingerprint density at radius 1 is 1.39 bits per heavy atom. The first-order valence-corrected chi connectivity index (χ1v) is 11.1. The Labute approximate surface area is 175 Å². The number of nitrogens with two attached hydrogens (primary N) is 1. The Morgan fingerprint density at radius 3 is 2.68 bits per heavy atom. The number of aromatic nitrogens is 1. The zero-order valence-corrected chi connectivity index (χ0v) is 19.4. The molecule has 1 amide bonds. The van der Waals surface area contributed by atoms with E-state index in [1.54, 1.807) is 0 Å². The van der Waals surface area contributed by atoms with Crippen LogP contribution in [-0.2, 0) is 4.74 Å². The van der Waals surface area contributed by atoms with Gasteiger partial charge in [0.15, 0.2) is 0 Å². The highest BCUT2D eigenvalue weighted by atomic mass is 32.2. The van der Waals surface area contributed by atoms with Gasteiger partial charge in [0.25, 0.3) is 0 Å². The van der Waals surface area contributed by atoms with E-state index in [1.165, 1.54) is 0 Å². The first-order chi connectivity index (χ1) is 13.1. The molecule has 1 unspecified atom stereocenters. The van der Waals surface area contributed by atoms with Gasteiger partial charge in [-0.15, -0.1) is 0 Å². The van der Waals surface area contributed by atoms with Gasteiger partial charge in [-0.1, -0.05) is 19.9 Å². The summed E-state index contributed by atoms with van der Waals surface area (Å²) < 4.78 is 5.57. The summed E-state index contributed by atoms with van der Waals surface area (Å²) >= 11 is 1.15. The minimum atomic E-state index is -0.460. The lowest BCUT2D eigenvalue weighted by Gasteiger charge is -2.33. The van der Waals surface area contributed by atoms with Gasteiger partial charge < -0.3 is 15.0 Å². The van der Waals surface area contributed by atoms with Crippen LogP contribution in [0.1, 0.15) is 67.7 Å². The number of amides is 1. The Balaban J connectivity index is 0.00000190. The molecule has 3 N–H and O–H groups in total. The van der Waals surface area contributed by atoms with Crippen LogP contribution in [0, 0.1) is 5.92 Å². The van der Waals surface area contributed by atoms with Crippen LogP contribution in [0.15, 0.2) is 23.2 Å². The molecule has 160 valence electrons. The van der Waals surface area contributed by atoms with E-state index >= 15 is 0 Å². The van der Waals surface area contributed by atoms with Crippen molar-refractivity contribution in [1.29, 1.82) is 0 Å². The van der Waals surface area contributed by atoms with Gasteiger partial charge in [-0.05, 0) is 83.9 Å². The van der Waals surface area contributed by atoms with Gasteiger partial charge in [-0.2, -0.15) is 0 Å². The maximum atomic E-state index is 12.5. The zero-order chi connectivity index (χ0) is 21.4. The van der Waals surface area contributed by atoms with Crippen LogP contribution in [0.2, 0.25) is 0 Å². The van der Waals surface area contributed by atoms with Gasteiger partial charge in [0.1, 0.15) is 16.4 Å². The lowest BCUT2D eigenvalue weighted by atomic mass is 9.93. The van der Waals surface area contributed by atoms with Crippen molar-refractivity contribution in [1.82, 2.24) is 9.88 Å². The van der Waals surface area contributed by atoms with Crippen LogP contribution in [0.3, 0.4) is 0 Å². The van der Waals surface area contributed by atoms with Crippen molar-refractivity contribution in [2.75, 3.05) is 18.4 Å². The Kier molecular flexibility index (Phi) is 9.57. The van der Waals surface area contributed by atoms with Crippen LogP contribution in [0.4, 0.5) is 10.6 Å². The predicted molar refractivity (Wildman–Crippen MR) is 118 cm³/mol. The molecule has 0 bridgehead atoms. The number of rotatable bonds is 6. The molecule has 28 heavy (non-hydrogen) atoms. The topological polar surface area (TPSA) is 80.5 Å². The zero-order valence-electron chi connectivity index (χ0n) is 18.5. The molecule has 1 aliphatic heterocycles. The molecule has 0 saturated carbocycles. The molecule has 7 heteroatoms. The summed E-state index contributed by atoms with van der Waals surface area (Å²) in [5, 5.41) is 9.69. The molecule has 1 atom stereocenters. The first-order valence-electron chi connectivity index (χ1n) is 10.2. The Hall–Kier alpha value is -1.47. The molecule has 0 spiro atoms. The van der Waals surface area contributed by atoms with Crippen LogP contribution >= 0.6 is 11.9 Å². The summed E-state index contributed by atoms with van der Waals surface area (Å²) in [4.78, 5) is 18.8. The van der Waals surface area contributed by atoms with Crippen LogP contribution in [0.25, 0.3) is 0 Å². The molecular weight excluding hydrogens is 372 g/mol. The number of carbonyl (C=O) groups is 1. The van der Waals surface area contributed by atoms with E-state index in [0.29, 0.717) is 5.92 Å². The highest BCUT2D eigenvalue weighted by Crippen LogP contribution is 2.36. The van der Waals surface area contributed by atoms with Crippen molar-refractivity contribution in [2.24, 2.45) is 11.1 Å². The maximum Gasteiger partial charge on any atom is 0.410 e. The van der Waals surface area contributed by atoms with E-state index in [4.69, 9.17) is 9.88 Å². The van der Waals surface area contributed by atoms with E-state index in [0.717, 1.165) is 55.1 Å². The molecule has 6 nitrogen and oxygen atoms in total. The fourth-order valence-corrected chi connectivity index (χ4v) is 3.71. The average molecular weight is 411 g/mol. The normalized spacial score (nSPS) is 18.3. The van der Waals surface area contributed by atoms with Crippen molar-refractivity contribution in [3.63, 3.8) is 0 Å². The lowest BCUT2D eigenvalue weighted by Crippen LogP contribution is -2.45. The predicted octanol–water partition coefficient (Wildman–Crippen LogP) is 5.30. The van der Waals surface area contributed by atoms with Gasteiger partial charge in [-0.25, -0.2) is 9.78 Å². The molecule has 1 saturated heterocycles. The fourth-order valence-electron chi connectivity index (χ4n) is 3.40. The number of likely N-dealkylation sites (tertiary alicyclic amines) is 1. The summed E-state index contributed by atoms with van der Waals surface area (Å²) in [5.74, 6) is 1.35. The second kappa shape index (κ2) is 10.9. The smallest absolute Gasteiger partial charge is 0.410 e. The number of hydrogen-bond acceptors (Lipinski definition) is 6. The van der Waals surface area contributed by atoms with Gasteiger partial charge in [0.05, 0.1) is 0 Å². The molecular formula is C21H38N4O2S. The second-order valence-electron chi connectivity index (χ2n) is 8.52. The van der Waals surface area contributed by atoms with Crippen LogP contribution < -0.4 is 10.5 Å². The summed E-state index contributed by atoms with van der Waals surface area (Å²) in [6, 6.07) is 5.78. The van der Waals surface area contributed by atoms with Gasteiger partial charge in [0, 0.05) is 18.6 Å². The third-order valence-corrected chi connectivity index (χ3v) is 4.98. The SMILES string of the molecule is CC.CC(C)(C)OC(=O)N1CC(CCCNc2cccc(SN)n2)CC1(C)C. The van der Waals surface area contributed by atoms with Gasteiger partial charge >= 0.3 is 6.09 Å². The van der Waals surface area contributed by atoms with E-state index < -0.39 is 5.60 Å². The quantitative estimate of drug-likeness (QED) is 0.489. The van der Waals surface area contributed by atoms with Gasteiger partial charge in [0.2, 0.25) is 0 Å². The number of carbonyl (C=O) groups excluding carboxylic acids is 1. The second-order valence-corrected chi connectivity index (χ2v) is 9.18. The maximum absolute atomic E-state index is 12.5. The van der Waals surface area contributed by atoms with E-state index in [-0.39, 0.29) is 11.6 Å². The first kappa shape index (κ1) is 24.6. The average Bonchev–Trinajstić information content (AvgIpc) is 2.94. The minimum Gasteiger partial charge on any atom is -0.444 e. The van der Waals surface area contributed by atoms with Gasteiger partial charge in [-0.3, -0.25) is 5.14 Å². The highest BCUT2D eigenvalue weighted by Gasteiger charge is 2.42.